The summed E-state index contributed by atoms with van der Waals surface area (Å²) in [6.07, 6.45) is 61.3. The first-order valence-electron chi connectivity index (χ1n) is 51.9. The number of aromatic nitrogens is 6. The van der Waals surface area contributed by atoms with Crippen molar-refractivity contribution in [2.75, 3.05) is 63.0 Å². The van der Waals surface area contributed by atoms with Crippen LogP contribution in [0, 0.1) is 0 Å². The number of nitrogens with zero attached hydrogens (tertiary/aromatic N) is 7. The number of likely N-dealkylation sites (N-methyl/N-ethyl adjacent to an activating group) is 1. The Hall–Kier alpha value is -7.29. The van der Waals surface area contributed by atoms with Crippen molar-refractivity contribution in [2.24, 2.45) is 0 Å². The summed E-state index contributed by atoms with van der Waals surface area (Å²) in [4.78, 5) is 113. The van der Waals surface area contributed by atoms with E-state index in [1.54, 1.807) is 54.3 Å². The summed E-state index contributed by atoms with van der Waals surface area (Å²) in [5.74, 6) is -0.854. The van der Waals surface area contributed by atoms with Crippen molar-refractivity contribution in [1.82, 2.24) is 34.0 Å². The van der Waals surface area contributed by atoms with Gasteiger partial charge in [-0.25, -0.2) is 24.3 Å². The molecule has 2 N–H and O–H groups in total. The number of carbonyl (C=O) groups is 6. The summed E-state index contributed by atoms with van der Waals surface area (Å²) < 4.78 is 75.3. The van der Waals surface area contributed by atoms with Crippen LogP contribution in [0.2, 0.25) is 0 Å². The van der Waals surface area contributed by atoms with Crippen LogP contribution < -0.4 is 30.5 Å². The molecule has 2 aliphatic rings. The van der Waals surface area contributed by atoms with E-state index in [0.717, 1.165) is 75.6 Å². The lowest BCUT2D eigenvalue weighted by Gasteiger charge is -2.26. The Morgan fingerprint density at radius 3 is 1.45 bits per heavy atom. The molecular formula is C104H168N9O17PS. The van der Waals surface area contributed by atoms with E-state index in [-0.39, 0.29) is 80.9 Å². The van der Waals surface area contributed by atoms with Crippen molar-refractivity contribution < 1.29 is 75.5 Å². The first-order valence-corrected chi connectivity index (χ1v) is 55.1. The van der Waals surface area contributed by atoms with Crippen molar-refractivity contribution in [3.63, 3.8) is 0 Å². The molecule has 132 heavy (non-hydrogen) atoms. The van der Waals surface area contributed by atoms with Crippen LogP contribution in [-0.4, -0.2) is 146 Å². The molecule has 28 heteroatoms. The third-order valence-electron chi connectivity index (χ3n) is 25.1. The first kappa shape index (κ1) is 112. The summed E-state index contributed by atoms with van der Waals surface area (Å²) in [7, 11) is 1.66. The molecule has 26 nitrogen and oxygen atoms in total. The number of Topliss-reactive ketones (excluding diaryl/α,β-unsaturated/α-hetero) is 1. The van der Waals surface area contributed by atoms with Crippen LogP contribution in [0.5, 0.6) is 17.2 Å². The van der Waals surface area contributed by atoms with Gasteiger partial charge in [-0.15, -0.1) is 0 Å². The summed E-state index contributed by atoms with van der Waals surface area (Å²) in [5, 5.41) is 5.42. The predicted molar refractivity (Wildman–Crippen MR) is 529 cm³/mol. The zero-order valence-corrected chi connectivity index (χ0v) is 83.7. The van der Waals surface area contributed by atoms with Crippen LogP contribution in [0.15, 0.2) is 72.2 Å². The fraction of sp³-hybridized carbons (Fsp3) is 0.740. The average molecular weight is 1880 g/mol. The summed E-state index contributed by atoms with van der Waals surface area (Å²) in [5.41, 5.74) is 0.701. The molecule has 0 saturated carbocycles. The topological polar surface area (TPSA) is 308 Å². The number of fused-ring (bicyclic) bond motifs is 1. The highest BCUT2D eigenvalue weighted by Gasteiger charge is 2.45. The lowest BCUT2D eigenvalue weighted by molar-refractivity contribution is -0.153. The van der Waals surface area contributed by atoms with E-state index in [2.05, 4.69) is 51.3 Å². The fourth-order valence-electron chi connectivity index (χ4n) is 17.0. The minimum atomic E-state index is -4.09. The molecule has 2 fully saturated rings. The van der Waals surface area contributed by atoms with Gasteiger partial charge < -0.3 is 53.5 Å². The number of ether oxygens (including phenoxy) is 7. The molecule has 7 atom stereocenters. The Kier molecular flexibility index (Phi) is 58.1. The Labute approximate surface area is 795 Å². The van der Waals surface area contributed by atoms with Crippen molar-refractivity contribution in [1.29, 1.82) is 0 Å². The van der Waals surface area contributed by atoms with Crippen molar-refractivity contribution >= 4 is 76.4 Å². The summed E-state index contributed by atoms with van der Waals surface area (Å²) in [6, 6.07) is 13.7. The standard InChI is InChI=1S/C104H168N9O17PS/c1-8-13-17-20-23-26-29-32-35-38-41-44-47-50-53-59-71-122-89-76-85(77-90(123-72-60-54-51-48-45-42-39-36-33-30-27-24-21-18-14-9-2)99(89)125-73-61-55-52-49-46-43-40-37-34-31-28-25-22-19-15-10-3)103(119)111(7)70-74-124-96(116)67-65-93(115)108-92-68-69-112(104(120)109-92)94-78-87(129-97(117)66-64-83(6)114)91(128-94)80-126-131(121,132-75-16-11-4)130-88-79-95(127-86(88)12-5)113-82-107-98-100(105-81-106-101(98)113)110-102(118)84-62-57-56-58-63-84/h56-58,62-63,68-69,76-77,81-82,86-88,91,94-95H,8-55,59-61,64-67,70-75,78-80H2,1-7H3,(H,105,106,110,118)(H,108,109,115,120)/t86-,87-,88-,91-,94-,95-,131?/m1/s1. The van der Waals surface area contributed by atoms with E-state index < -0.39 is 73.8 Å². The number of amides is 3. The van der Waals surface area contributed by atoms with Gasteiger partial charge in [0, 0.05) is 55.8 Å². The van der Waals surface area contributed by atoms with E-state index >= 15 is 4.57 Å². The molecule has 2 saturated heterocycles. The number of unbranched alkanes of at least 4 members (excludes halogenated alkanes) is 46. The van der Waals surface area contributed by atoms with E-state index in [1.165, 1.54) is 285 Å². The van der Waals surface area contributed by atoms with E-state index in [4.69, 9.17) is 42.2 Å². The summed E-state index contributed by atoms with van der Waals surface area (Å²) >= 11 is 1.03. The number of benzene rings is 2. The molecule has 3 amide bonds. The van der Waals surface area contributed by atoms with Crippen molar-refractivity contribution in [3.05, 3.63) is 89.0 Å². The number of anilines is 2. The van der Waals surface area contributed by atoms with Gasteiger partial charge in [0.15, 0.2) is 28.5 Å². The normalized spacial score (nSPS) is 16.5. The van der Waals surface area contributed by atoms with Crippen LogP contribution >= 0.6 is 18.2 Å². The number of rotatable bonds is 80. The highest BCUT2D eigenvalue weighted by atomic mass is 32.7. The third kappa shape index (κ3) is 45.1. The number of nitrogens with one attached hydrogen (secondary N) is 2. The number of ketones is 1. The minimum absolute atomic E-state index is 0.0524. The van der Waals surface area contributed by atoms with Gasteiger partial charge in [-0.2, -0.15) is 4.98 Å². The van der Waals surface area contributed by atoms with Crippen molar-refractivity contribution in [3.8, 4) is 17.2 Å². The number of hydrogen-bond acceptors (Lipinski definition) is 22. The van der Waals surface area contributed by atoms with Gasteiger partial charge in [-0.05, 0) is 80.7 Å². The number of imidazole rings is 1. The molecule has 5 heterocycles. The van der Waals surface area contributed by atoms with Crippen LogP contribution in [0.3, 0.4) is 0 Å². The summed E-state index contributed by atoms with van der Waals surface area (Å²) in [6.45, 7) is 8.97. The SMILES string of the molecule is CCCCCCCCCCCCCCCCCCOc1cc(C(=O)N(C)CCOC(=O)CCC(=O)Nc2ccn([C@H]3C[C@@H](OC(=O)CCC(C)=O)[C@@H](COP(=O)(O[C@@H]4C[C@H](n5cnc6c(NC(=O)c7ccccc7)ncnc65)O[C@@H]4CC)SCCCC)O3)c(=O)n2)cc(OCCCCCCCCCCCCCCCCCC)c1OCCCCCCCCCCCCCCCCCC. The van der Waals surface area contributed by atoms with E-state index in [9.17, 15) is 33.6 Å². The van der Waals surface area contributed by atoms with E-state index in [0.29, 0.717) is 78.0 Å². The molecule has 0 aliphatic carbocycles. The van der Waals surface area contributed by atoms with Crippen LogP contribution in [0.4, 0.5) is 11.6 Å². The quantitative estimate of drug-likeness (QED) is 0.0207. The highest BCUT2D eigenvalue weighted by molar-refractivity contribution is 8.55. The molecule has 2 aliphatic heterocycles. The molecule has 2 aromatic carbocycles. The Morgan fingerprint density at radius 2 is 0.962 bits per heavy atom. The molecule has 7 rings (SSSR count). The number of hydrogen-bond donors (Lipinski definition) is 2. The lowest BCUT2D eigenvalue weighted by atomic mass is 10.0. The van der Waals surface area contributed by atoms with Gasteiger partial charge in [0.25, 0.3) is 11.8 Å². The fourth-order valence-corrected chi connectivity index (χ4v) is 20.7. The second kappa shape index (κ2) is 68.7. The zero-order chi connectivity index (χ0) is 94.3. The second-order valence-corrected chi connectivity index (χ2v) is 40.7. The molecular weight excluding hydrogens is 1710 g/mol. The van der Waals surface area contributed by atoms with Crippen LogP contribution in [-0.2, 0) is 51.7 Å². The maximum atomic E-state index is 15.1. The highest BCUT2D eigenvalue weighted by Crippen LogP contribution is 2.63. The second-order valence-electron chi connectivity index (χ2n) is 36.6. The molecule has 5 aromatic rings. The molecule has 0 bridgehead atoms. The van der Waals surface area contributed by atoms with Gasteiger partial charge in [0.2, 0.25) is 11.7 Å². The number of esters is 2. The molecule has 3 aromatic heterocycles. The zero-order valence-electron chi connectivity index (χ0n) is 82.0. The minimum Gasteiger partial charge on any atom is -0.490 e. The lowest BCUT2D eigenvalue weighted by Crippen LogP contribution is -2.31. The van der Waals surface area contributed by atoms with Gasteiger partial charge in [-0.3, -0.25) is 42.2 Å². The maximum Gasteiger partial charge on any atom is 0.389 e. The Bertz CT molecular complexity index is 4060. The van der Waals surface area contributed by atoms with Gasteiger partial charge in [0.1, 0.15) is 49.2 Å². The molecule has 0 radical (unpaired) electrons. The van der Waals surface area contributed by atoms with Gasteiger partial charge in [0.05, 0.1) is 64.3 Å². The first-order chi connectivity index (χ1) is 64.5. The Balaban J connectivity index is 0.930. The van der Waals surface area contributed by atoms with Gasteiger partial charge in [-0.1, -0.05) is 348 Å². The average Bonchev–Trinajstić information content (AvgIpc) is 1.61. The Morgan fingerprint density at radius 1 is 0.500 bits per heavy atom. The maximum absolute atomic E-state index is 15.1. The molecule has 0 spiro atoms. The molecule has 1 unspecified atom stereocenters. The molecule has 742 valence electrons. The smallest absolute Gasteiger partial charge is 0.389 e. The van der Waals surface area contributed by atoms with Crippen LogP contribution in [0.25, 0.3) is 11.2 Å². The largest absolute Gasteiger partial charge is 0.490 e. The predicted octanol–water partition coefficient (Wildman–Crippen LogP) is 26.6. The van der Waals surface area contributed by atoms with Crippen LogP contribution in [0.1, 0.15) is 441 Å². The third-order valence-corrected chi connectivity index (χ3v) is 28.9. The van der Waals surface area contributed by atoms with Crippen molar-refractivity contribution in [2.45, 2.75) is 444 Å². The monoisotopic (exact) mass is 1880 g/mol. The van der Waals surface area contributed by atoms with E-state index in [1.807, 2.05) is 19.9 Å². The van der Waals surface area contributed by atoms with Gasteiger partial charge >= 0.3 is 24.4 Å². The number of carbonyl (C=O) groups excluding carboxylic acids is 6.